The highest BCUT2D eigenvalue weighted by atomic mass is 28.3. The van der Waals surface area contributed by atoms with Gasteiger partial charge in [0.2, 0.25) is 0 Å². The summed E-state index contributed by atoms with van der Waals surface area (Å²) < 4.78 is 5.03. The molecule has 3 heteroatoms. The fraction of sp³-hybridized carbons (Fsp3) is 0.0526. The first-order chi connectivity index (χ1) is 29.6. The number of rotatable bonds is 6. The summed E-state index contributed by atoms with van der Waals surface area (Å²) >= 11 is 0. The molecule has 1 aliphatic carbocycles. The minimum absolute atomic E-state index is 0.108. The smallest absolute Gasteiger partial charge is 0.180 e. The van der Waals surface area contributed by atoms with E-state index in [1.54, 1.807) is 0 Å². The number of benzene rings is 9. The molecule has 9 aromatic carbocycles. The van der Waals surface area contributed by atoms with E-state index in [0.29, 0.717) is 0 Å². The zero-order chi connectivity index (χ0) is 40.0. The van der Waals surface area contributed by atoms with Gasteiger partial charge in [0.1, 0.15) is 0 Å². The summed E-state index contributed by atoms with van der Waals surface area (Å²) in [4.78, 5) is 0. The molecule has 0 atom stereocenters. The van der Waals surface area contributed by atoms with Crippen molar-refractivity contribution in [1.29, 1.82) is 0 Å². The number of para-hydroxylation sites is 3. The molecular formula is C57H42N2Si. The largest absolute Gasteiger partial charge is 0.309 e. The molecule has 0 unspecified atom stereocenters. The van der Waals surface area contributed by atoms with Crippen LogP contribution in [0.1, 0.15) is 25.0 Å². The summed E-state index contributed by atoms with van der Waals surface area (Å²) in [5.41, 5.74) is 12.6. The predicted molar refractivity (Wildman–Crippen MR) is 256 cm³/mol. The Balaban J connectivity index is 1.22. The lowest BCUT2D eigenvalue weighted by atomic mass is 9.82. The third-order valence-electron chi connectivity index (χ3n) is 13.4. The van der Waals surface area contributed by atoms with Crippen molar-refractivity contribution in [3.8, 4) is 22.5 Å². The highest BCUT2D eigenvalue weighted by Gasteiger charge is 2.44. The van der Waals surface area contributed by atoms with E-state index < -0.39 is 8.07 Å². The zero-order valence-electron chi connectivity index (χ0n) is 33.7. The summed E-state index contributed by atoms with van der Waals surface area (Å²) in [6.07, 6.45) is 0. The lowest BCUT2D eigenvalue weighted by Crippen LogP contribution is -2.74. The number of aromatic nitrogens is 2. The Hall–Kier alpha value is -7.20. The highest BCUT2D eigenvalue weighted by Crippen LogP contribution is 2.52. The van der Waals surface area contributed by atoms with Crippen molar-refractivity contribution in [3.63, 3.8) is 0 Å². The second kappa shape index (κ2) is 13.2. The van der Waals surface area contributed by atoms with Gasteiger partial charge in [0.15, 0.2) is 8.07 Å². The van der Waals surface area contributed by atoms with Crippen LogP contribution in [0.3, 0.4) is 0 Å². The van der Waals surface area contributed by atoms with Gasteiger partial charge in [-0.2, -0.15) is 0 Å². The van der Waals surface area contributed by atoms with Gasteiger partial charge < -0.3 is 9.13 Å². The van der Waals surface area contributed by atoms with Crippen molar-refractivity contribution in [2.75, 3.05) is 0 Å². The van der Waals surface area contributed by atoms with Crippen molar-refractivity contribution in [3.05, 3.63) is 230 Å². The summed E-state index contributed by atoms with van der Waals surface area (Å²) in [7, 11) is -3.08. The highest BCUT2D eigenvalue weighted by molar-refractivity contribution is 7.20. The molecule has 1 aliphatic rings. The second-order valence-electron chi connectivity index (χ2n) is 16.8. The van der Waals surface area contributed by atoms with Crippen LogP contribution in [0, 0.1) is 0 Å². The maximum Gasteiger partial charge on any atom is 0.180 e. The van der Waals surface area contributed by atoms with Gasteiger partial charge in [0.25, 0.3) is 0 Å². The van der Waals surface area contributed by atoms with Crippen LogP contribution in [0.2, 0.25) is 0 Å². The molecule has 0 bridgehead atoms. The van der Waals surface area contributed by atoms with Gasteiger partial charge in [-0.15, -0.1) is 0 Å². The van der Waals surface area contributed by atoms with E-state index in [4.69, 9.17) is 0 Å². The molecule has 0 spiro atoms. The molecule has 2 nitrogen and oxygen atoms in total. The lowest BCUT2D eigenvalue weighted by Gasteiger charge is -2.35. The van der Waals surface area contributed by atoms with E-state index in [9.17, 15) is 0 Å². The molecule has 11 aromatic rings. The van der Waals surface area contributed by atoms with Gasteiger partial charge in [0, 0.05) is 43.9 Å². The van der Waals surface area contributed by atoms with Gasteiger partial charge in [-0.3, -0.25) is 0 Å². The first kappa shape index (κ1) is 34.8. The zero-order valence-corrected chi connectivity index (χ0v) is 34.7. The first-order valence-electron chi connectivity index (χ1n) is 21.0. The molecule has 2 heterocycles. The third-order valence-corrected chi connectivity index (χ3v) is 18.2. The second-order valence-corrected chi connectivity index (χ2v) is 20.6. The minimum Gasteiger partial charge on any atom is -0.309 e. The Morgan fingerprint density at radius 3 is 1.67 bits per heavy atom. The number of hydrogen-bond acceptors (Lipinski definition) is 0. The van der Waals surface area contributed by atoms with E-state index >= 15 is 0 Å². The molecule has 0 saturated carbocycles. The fourth-order valence-electron chi connectivity index (χ4n) is 10.9. The Kier molecular flexibility index (Phi) is 7.63. The average Bonchev–Trinajstić information content (AvgIpc) is 3.91. The number of fused-ring (bicyclic) bond motifs is 10. The van der Waals surface area contributed by atoms with Gasteiger partial charge in [-0.25, -0.2) is 0 Å². The Labute approximate surface area is 351 Å². The first-order valence-corrected chi connectivity index (χ1v) is 23.0. The molecule has 0 amide bonds. The Morgan fingerprint density at radius 1 is 0.383 bits per heavy atom. The topological polar surface area (TPSA) is 9.86 Å². The number of hydrogen-bond donors (Lipinski definition) is 0. The van der Waals surface area contributed by atoms with E-state index in [1.165, 1.54) is 92.3 Å². The van der Waals surface area contributed by atoms with E-state index in [0.717, 1.165) is 5.69 Å². The fourth-order valence-corrected chi connectivity index (χ4v) is 15.9. The maximum atomic E-state index is 2.57. The van der Waals surface area contributed by atoms with Crippen LogP contribution in [0.5, 0.6) is 0 Å². The van der Waals surface area contributed by atoms with Crippen LogP contribution in [0.25, 0.3) is 66.1 Å². The molecule has 0 N–H and O–H groups in total. The lowest BCUT2D eigenvalue weighted by molar-refractivity contribution is 0.661. The third kappa shape index (κ3) is 4.75. The molecule has 0 aliphatic heterocycles. The van der Waals surface area contributed by atoms with Gasteiger partial charge in [0.05, 0.1) is 22.1 Å². The molecule has 12 rings (SSSR count). The predicted octanol–water partition coefficient (Wildman–Crippen LogP) is 11.6. The molecule has 60 heavy (non-hydrogen) atoms. The van der Waals surface area contributed by atoms with Crippen molar-refractivity contribution in [2.45, 2.75) is 19.3 Å². The Morgan fingerprint density at radius 2 is 0.933 bits per heavy atom. The van der Waals surface area contributed by atoms with Gasteiger partial charge >= 0.3 is 0 Å². The van der Waals surface area contributed by atoms with Crippen molar-refractivity contribution >= 4 is 72.4 Å². The molecule has 0 radical (unpaired) electrons. The van der Waals surface area contributed by atoms with E-state index in [-0.39, 0.29) is 5.41 Å². The van der Waals surface area contributed by atoms with Crippen LogP contribution >= 0.6 is 0 Å². The van der Waals surface area contributed by atoms with Crippen molar-refractivity contribution in [2.24, 2.45) is 0 Å². The van der Waals surface area contributed by atoms with Crippen LogP contribution in [-0.4, -0.2) is 17.2 Å². The maximum absolute atomic E-state index is 3.08. The van der Waals surface area contributed by atoms with E-state index in [1.807, 2.05) is 0 Å². The number of nitrogens with zero attached hydrogens (tertiary/aromatic N) is 2. The summed E-state index contributed by atoms with van der Waals surface area (Å²) in [6.45, 7) is 4.76. The molecule has 284 valence electrons. The van der Waals surface area contributed by atoms with Crippen LogP contribution < -0.4 is 20.7 Å². The van der Waals surface area contributed by atoms with Crippen molar-refractivity contribution in [1.82, 2.24) is 9.13 Å². The standard InChI is InChI=1S/C57H42N2Si/c1-57(2)48-31-15-12-29-46(48)54-49(57)37-36-45-44-28-13-16-32-50(44)59(56(45)54)40-22-18-27-43(38-40)60(41-23-8-4-9-24-41,42-25-10-5-11-26-42)53-35-19-34-52-55(53)47-30-14-17-33-51(47)58(52)39-20-6-3-7-21-39/h3-38H,1-2H3. The monoisotopic (exact) mass is 782 g/mol. The molecule has 0 fully saturated rings. The van der Waals surface area contributed by atoms with Gasteiger partial charge in [-0.05, 0) is 79.9 Å². The van der Waals surface area contributed by atoms with Crippen LogP contribution in [0.4, 0.5) is 0 Å². The molecule has 2 aromatic heterocycles. The molecule has 0 saturated heterocycles. The quantitative estimate of drug-likeness (QED) is 0.117. The Bertz CT molecular complexity index is 3410. The van der Waals surface area contributed by atoms with Crippen molar-refractivity contribution < 1.29 is 0 Å². The SMILES string of the molecule is CC1(C)c2ccccc2-c2c1ccc1c3ccccc3n(-c3cccc([Si](c4ccccc4)(c4ccccc4)c4cccc5c4c4ccccc4n5-c4ccccc4)c3)c21. The normalized spacial score (nSPS) is 13.3. The van der Waals surface area contributed by atoms with Crippen LogP contribution in [0.15, 0.2) is 218 Å². The minimum atomic E-state index is -3.08. The van der Waals surface area contributed by atoms with E-state index in [2.05, 4.69) is 241 Å². The van der Waals surface area contributed by atoms with Gasteiger partial charge in [-0.1, -0.05) is 190 Å². The van der Waals surface area contributed by atoms with Crippen LogP contribution in [-0.2, 0) is 5.41 Å². The average molecular weight is 783 g/mol. The summed E-state index contributed by atoms with van der Waals surface area (Å²) in [5.74, 6) is 0. The summed E-state index contributed by atoms with van der Waals surface area (Å²) in [5, 5.41) is 10.6. The summed E-state index contributed by atoms with van der Waals surface area (Å²) in [6, 6.07) is 82.0. The molecular weight excluding hydrogens is 741 g/mol.